The summed E-state index contributed by atoms with van der Waals surface area (Å²) in [5.74, 6) is 0.921. The molecule has 2 rings (SSSR count). The van der Waals surface area contributed by atoms with E-state index in [0.29, 0.717) is 12.1 Å². The highest BCUT2D eigenvalue weighted by atomic mass is 15.0. The Morgan fingerprint density at radius 1 is 1.07 bits per heavy atom. The molecule has 2 nitrogen and oxygen atoms in total. The molecule has 0 bridgehead atoms. The van der Waals surface area contributed by atoms with Gasteiger partial charge in [0.15, 0.2) is 0 Å². The lowest BCUT2D eigenvalue weighted by atomic mass is 9.85. The second-order valence-electron chi connectivity index (χ2n) is 5.64. The van der Waals surface area contributed by atoms with Gasteiger partial charge in [-0.05, 0) is 38.5 Å². The lowest BCUT2D eigenvalue weighted by molar-refractivity contribution is 0.229. The fraction of sp³-hybridized carbons (Fsp3) is 1.00. The zero-order chi connectivity index (χ0) is 10.7. The highest BCUT2D eigenvalue weighted by Gasteiger charge is 2.29. The van der Waals surface area contributed by atoms with Crippen LogP contribution in [-0.2, 0) is 0 Å². The van der Waals surface area contributed by atoms with Gasteiger partial charge in [0.1, 0.15) is 0 Å². The number of rotatable bonds is 3. The largest absolute Gasteiger partial charge is 0.328 e. The molecule has 2 fully saturated rings. The second-order valence-corrected chi connectivity index (χ2v) is 5.64. The average molecular weight is 210 g/mol. The second kappa shape index (κ2) is 5.31. The predicted octanol–water partition coefficient (Wildman–Crippen LogP) is 2.42. The van der Waals surface area contributed by atoms with Gasteiger partial charge < -0.3 is 11.1 Å². The first-order valence-electron chi connectivity index (χ1n) is 6.77. The smallest absolute Gasteiger partial charge is 0.00991 e. The van der Waals surface area contributed by atoms with Crippen LogP contribution in [0.5, 0.6) is 0 Å². The fourth-order valence-electron chi connectivity index (χ4n) is 3.12. The lowest BCUT2D eigenvalue weighted by Gasteiger charge is -2.37. The molecule has 0 aliphatic heterocycles. The van der Waals surface area contributed by atoms with Crippen LogP contribution in [-0.4, -0.2) is 18.1 Å². The van der Waals surface area contributed by atoms with Crippen molar-refractivity contribution in [2.75, 3.05) is 0 Å². The maximum Gasteiger partial charge on any atom is 0.00991 e. The summed E-state index contributed by atoms with van der Waals surface area (Å²) in [5, 5.41) is 3.76. The third-order valence-electron chi connectivity index (χ3n) is 4.28. The monoisotopic (exact) mass is 210 g/mol. The fourth-order valence-corrected chi connectivity index (χ4v) is 3.12. The van der Waals surface area contributed by atoms with Gasteiger partial charge in [0.2, 0.25) is 0 Å². The maximum absolute atomic E-state index is 5.81. The minimum atomic E-state index is 0.476. The molecular weight excluding hydrogens is 184 g/mol. The SMILES string of the molecule is C[C@@H](NC1CC(N)C1)C1CCCCCC1. The van der Waals surface area contributed by atoms with E-state index in [4.69, 9.17) is 5.73 Å². The topological polar surface area (TPSA) is 38.0 Å². The molecule has 15 heavy (non-hydrogen) atoms. The Labute approximate surface area is 94.0 Å². The van der Waals surface area contributed by atoms with Crippen LogP contribution in [0, 0.1) is 5.92 Å². The summed E-state index contributed by atoms with van der Waals surface area (Å²) >= 11 is 0. The Morgan fingerprint density at radius 2 is 1.67 bits per heavy atom. The van der Waals surface area contributed by atoms with E-state index in [-0.39, 0.29) is 0 Å². The van der Waals surface area contributed by atoms with Crippen molar-refractivity contribution in [2.45, 2.75) is 76.4 Å². The standard InChI is InChI=1S/C13H26N2/c1-10(15-13-8-12(14)9-13)11-6-4-2-3-5-7-11/h10-13,15H,2-9,14H2,1H3/t10-,12?,13?/m1/s1. The number of nitrogens with one attached hydrogen (secondary N) is 1. The first kappa shape index (κ1) is 11.4. The van der Waals surface area contributed by atoms with E-state index in [0.717, 1.165) is 12.0 Å². The Balaban J connectivity index is 1.71. The Bertz CT molecular complexity index is 179. The summed E-state index contributed by atoms with van der Waals surface area (Å²) in [7, 11) is 0. The molecule has 1 atom stereocenters. The molecule has 0 spiro atoms. The van der Waals surface area contributed by atoms with Crippen molar-refractivity contribution in [1.29, 1.82) is 0 Å². The molecule has 2 saturated carbocycles. The predicted molar refractivity (Wildman–Crippen MR) is 64.8 cm³/mol. The summed E-state index contributed by atoms with van der Waals surface area (Å²) in [6, 6.07) is 1.91. The summed E-state index contributed by atoms with van der Waals surface area (Å²) in [4.78, 5) is 0. The van der Waals surface area contributed by atoms with Crippen molar-refractivity contribution in [3.63, 3.8) is 0 Å². The number of hydrogen-bond acceptors (Lipinski definition) is 2. The van der Waals surface area contributed by atoms with Gasteiger partial charge in [-0.15, -0.1) is 0 Å². The van der Waals surface area contributed by atoms with Gasteiger partial charge in [-0.1, -0.05) is 25.7 Å². The van der Waals surface area contributed by atoms with Gasteiger partial charge in [0, 0.05) is 18.1 Å². The van der Waals surface area contributed by atoms with Crippen molar-refractivity contribution in [1.82, 2.24) is 5.32 Å². The molecule has 0 aromatic heterocycles. The van der Waals surface area contributed by atoms with Crippen LogP contribution in [0.4, 0.5) is 0 Å². The molecule has 0 amide bonds. The molecule has 88 valence electrons. The molecule has 0 heterocycles. The maximum atomic E-state index is 5.81. The van der Waals surface area contributed by atoms with Gasteiger partial charge in [0.05, 0.1) is 0 Å². The minimum absolute atomic E-state index is 0.476. The van der Waals surface area contributed by atoms with E-state index in [1.807, 2.05) is 0 Å². The van der Waals surface area contributed by atoms with Crippen molar-refractivity contribution >= 4 is 0 Å². The van der Waals surface area contributed by atoms with Crippen LogP contribution in [0.15, 0.2) is 0 Å². The van der Waals surface area contributed by atoms with E-state index in [1.54, 1.807) is 0 Å². The Kier molecular flexibility index (Phi) is 4.04. The number of nitrogens with two attached hydrogens (primary N) is 1. The van der Waals surface area contributed by atoms with Crippen LogP contribution in [0.3, 0.4) is 0 Å². The van der Waals surface area contributed by atoms with Crippen LogP contribution in [0.25, 0.3) is 0 Å². The highest BCUT2D eigenvalue weighted by molar-refractivity contribution is 4.90. The molecule has 0 aromatic rings. The third-order valence-corrected chi connectivity index (χ3v) is 4.28. The first-order valence-corrected chi connectivity index (χ1v) is 6.77. The van der Waals surface area contributed by atoms with Crippen molar-refractivity contribution in [2.24, 2.45) is 11.7 Å². The zero-order valence-corrected chi connectivity index (χ0v) is 10.0. The van der Waals surface area contributed by atoms with Crippen LogP contribution in [0.1, 0.15) is 58.3 Å². The molecule has 2 aliphatic rings. The lowest BCUT2D eigenvalue weighted by Crippen LogP contribution is -2.52. The van der Waals surface area contributed by atoms with Crippen LogP contribution in [0.2, 0.25) is 0 Å². The van der Waals surface area contributed by atoms with E-state index in [2.05, 4.69) is 12.2 Å². The van der Waals surface area contributed by atoms with Gasteiger partial charge in [-0.25, -0.2) is 0 Å². The highest BCUT2D eigenvalue weighted by Crippen LogP contribution is 2.27. The van der Waals surface area contributed by atoms with Crippen molar-refractivity contribution in [3.8, 4) is 0 Å². The molecular formula is C13H26N2. The quantitative estimate of drug-likeness (QED) is 0.702. The molecule has 0 radical (unpaired) electrons. The summed E-state index contributed by atoms with van der Waals surface area (Å²) < 4.78 is 0. The van der Waals surface area contributed by atoms with Crippen molar-refractivity contribution < 1.29 is 0 Å². The number of hydrogen-bond donors (Lipinski definition) is 2. The molecule has 2 aliphatic carbocycles. The van der Waals surface area contributed by atoms with E-state index in [9.17, 15) is 0 Å². The third kappa shape index (κ3) is 3.18. The van der Waals surface area contributed by atoms with E-state index in [1.165, 1.54) is 51.4 Å². The van der Waals surface area contributed by atoms with Gasteiger partial charge >= 0.3 is 0 Å². The molecule has 0 unspecified atom stereocenters. The normalized spacial score (nSPS) is 35.6. The molecule has 0 saturated heterocycles. The summed E-state index contributed by atoms with van der Waals surface area (Å²) in [6.45, 7) is 2.37. The van der Waals surface area contributed by atoms with Crippen LogP contribution >= 0.6 is 0 Å². The van der Waals surface area contributed by atoms with E-state index < -0.39 is 0 Å². The molecule has 0 aromatic carbocycles. The summed E-state index contributed by atoms with van der Waals surface area (Å²) in [5.41, 5.74) is 5.81. The Hall–Kier alpha value is -0.0800. The molecule has 2 heteroatoms. The van der Waals surface area contributed by atoms with E-state index >= 15 is 0 Å². The van der Waals surface area contributed by atoms with Gasteiger partial charge in [-0.2, -0.15) is 0 Å². The molecule has 3 N–H and O–H groups in total. The zero-order valence-electron chi connectivity index (χ0n) is 10.0. The van der Waals surface area contributed by atoms with Crippen molar-refractivity contribution in [3.05, 3.63) is 0 Å². The first-order chi connectivity index (χ1) is 7.25. The Morgan fingerprint density at radius 3 is 2.20 bits per heavy atom. The van der Waals surface area contributed by atoms with Crippen LogP contribution < -0.4 is 11.1 Å². The van der Waals surface area contributed by atoms with Gasteiger partial charge in [-0.3, -0.25) is 0 Å². The van der Waals surface area contributed by atoms with Gasteiger partial charge in [0.25, 0.3) is 0 Å². The average Bonchev–Trinajstić information content (AvgIpc) is 2.43. The minimum Gasteiger partial charge on any atom is -0.328 e. The summed E-state index contributed by atoms with van der Waals surface area (Å²) in [6.07, 6.45) is 11.1.